The normalized spacial score (nSPS) is 19.4. The molecule has 1 aliphatic heterocycles. The van der Waals surface area contributed by atoms with E-state index >= 15 is 0 Å². The minimum absolute atomic E-state index is 0.132. The Morgan fingerprint density at radius 3 is 2.88 bits per heavy atom. The third-order valence-corrected chi connectivity index (χ3v) is 2.90. The first-order valence-electron chi connectivity index (χ1n) is 5.70. The first-order valence-corrected chi connectivity index (χ1v) is 5.70. The summed E-state index contributed by atoms with van der Waals surface area (Å²) in [6.45, 7) is 3.66. The molecule has 1 aromatic rings. The zero-order valence-corrected chi connectivity index (χ0v) is 10.3. The van der Waals surface area contributed by atoms with E-state index in [2.05, 4.69) is 0 Å². The van der Waals surface area contributed by atoms with Gasteiger partial charge in [0.25, 0.3) is 0 Å². The van der Waals surface area contributed by atoms with Gasteiger partial charge in [0.15, 0.2) is 5.78 Å². The Bertz CT molecular complexity index is 454. The summed E-state index contributed by atoms with van der Waals surface area (Å²) in [5.41, 5.74) is 7.19. The molecule has 4 heteroatoms. The Morgan fingerprint density at radius 1 is 1.59 bits per heavy atom. The number of carbonyl (C=O) groups excluding carboxylic acids is 1. The van der Waals surface area contributed by atoms with Gasteiger partial charge in [0.2, 0.25) is 0 Å². The molecular weight excluding hydrogens is 218 g/mol. The molecule has 0 saturated heterocycles. The Labute approximate surface area is 101 Å². The predicted octanol–water partition coefficient (Wildman–Crippen LogP) is 1.55. The molecule has 0 bridgehead atoms. The summed E-state index contributed by atoms with van der Waals surface area (Å²) in [4.78, 5) is 11.9. The van der Waals surface area contributed by atoms with Crippen molar-refractivity contribution in [3.05, 3.63) is 23.3 Å². The fourth-order valence-corrected chi connectivity index (χ4v) is 2.05. The van der Waals surface area contributed by atoms with Gasteiger partial charge in [0.05, 0.1) is 18.7 Å². The van der Waals surface area contributed by atoms with Crippen molar-refractivity contribution in [3.63, 3.8) is 0 Å². The number of fused-ring (bicyclic) bond motifs is 1. The number of carbonyl (C=O) groups is 1. The van der Waals surface area contributed by atoms with Crippen molar-refractivity contribution in [1.29, 1.82) is 0 Å². The van der Waals surface area contributed by atoms with Crippen LogP contribution in [0.5, 0.6) is 11.5 Å². The zero-order chi connectivity index (χ0) is 12.6. The molecular formula is C13H17NO3. The highest BCUT2D eigenvalue weighted by atomic mass is 16.5. The predicted molar refractivity (Wildman–Crippen MR) is 64.8 cm³/mol. The molecule has 2 N–H and O–H groups in total. The number of Topliss-reactive ketones (excluding diaryl/α,β-unsaturated/α-hetero) is 1. The summed E-state index contributed by atoms with van der Waals surface area (Å²) >= 11 is 0. The van der Waals surface area contributed by atoms with Crippen LogP contribution in [0, 0.1) is 0 Å². The second kappa shape index (κ2) is 4.37. The van der Waals surface area contributed by atoms with Crippen LogP contribution in [0.3, 0.4) is 0 Å². The molecule has 1 heterocycles. The number of benzene rings is 1. The van der Waals surface area contributed by atoms with E-state index in [9.17, 15) is 4.79 Å². The molecule has 92 valence electrons. The van der Waals surface area contributed by atoms with Crippen molar-refractivity contribution in [2.45, 2.75) is 32.4 Å². The van der Waals surface area contributed by atoms with Gasteiger partial charge in [-0.25, -0.2) is 0 Å². The molecule has 0 amide bonds. The topological polar surface area (TPSA) is 61.5 Å². The third-order valence-electron chi connectivity index (χ3n) is 2.90. The first kappa shape index (κ1) is 11.9. The summed E-state index contributed by atoms with van der Waals surface area (Å²) in [7, 11) is 1.55. The van der Waals surface area contributed by atoms with Crippen molar-refractivity contribution in [1.82, 2.24) is 0 Å². The minimum Gasteiger partial charge on any atom is -0.496 e. The van der Waals surface area contributed by atoms with Gasteiger partial charge in [0.1, 0.15) is 17.6 Å². The number of ether oxygens (including phenoxy) is 2. The lowest BCUT2D eigenvalue weighted by Gasteiger charge is -2.11. The van der Waals surface area contributed by atoms with Gasteiger partial charge in [-0.1, -0.05) is 0 Å². The molecule has 2 atom stereocenters. The summed E-state index contributed by atoms with van der Waals surface area (Å²) in [6, 6.07) is 3.07. The van der Waals surface area contributed by atoms with E-state index in [0.29, 0.717) is 11.3 Å². The third kappa shape index (κ3) is 2.13. The average molecular weight is 235 g/mol. The molecule has 0 spiro atoms. The lowest BCUT2D eigenvalue weighted by molar-refractivity contribution is 0.0964. The van der Waals surface area contributed by atoms with Crippen molar-refractivity contribution in [3.8, 4) is 11.5 Å². The van der Waals surface area contributed by atoms with Gasteiger partial charge in [-0.05, 0) is 26.0 Å². The number of methoxy groups -OCH3 is 1. The molecule has 1 aliphatic rings. The van der Waals surface area contributed by atoms with Crippen molar-refractivity contribution >= 4 is 5.78 Å². The molecule has 1 aromatic carbocycles. The van der Waals surface area contributed by atoms with E-state index in [-0.39, 0.29) is 11.9 Å². The Balaban J connectivity index is 2.46. The number of hydrogen-bond acceptors (Lipinski definition) is 4. The van der Waals surface area contributed by atoms with Crippen LogP contribution in [-0.2, 0) is 6.42 Å². The van der Waals surface area contributed by atoms with Crippen LogP contribution in [0.1, 0.15) is 29.8 Å². The number of nitrogens with two attached hydrogens (primary N) is 1. The van der Waals surface area contributed by atoms with Crippen LogP contribution >= 0.6 is 0 Å². The van der Waals surface area contributed by atoms with Crippen molar-refractivity contribution in [2.24, 2.45) is 5.73 Å². The standard InChI is InChI=1S/C13H17NO3/c1-7-4-9-5-12(16-3)10(6-11(9)17-7)13(15)8(2)14/h5-8H,4,14H2,1-3H3. The molecule has 0 fully saturated rings. The first-order chi connectivity index (χ1) is 8.02. The van der Waals surface area contributed by atoms with Crippen LogP contribution in [-0.4, -0.2) is 25.0 Å². The van der Waals surface area contributed by atoms with E-state index < -0.39 is 6.04 Å². The minimum atomic E-state index is -0.541. The number of rotatable bonds is 3. The number of hydrogen-bond donors (Lipinski definition) is 1. The van der Waals surface area contributed by atoms with Gasteiger partial charge in [-0.3, -0.25) is 4.79 Å². The fraction of sp³-hybridized carbons (Fsp3) is 0.462. The molecule has 4 nitrogen and oxygen atoms in total. The zero-order valence-electron chi connectivity index (χ0n) is 10.3. The highest BCUT2D eigenvalue weighted by Crippen LogP contribution is 2.35. The smallest absolute Gasteiger partial charge is 0.183 e. The van der Waals surface area contributed by atoms with Crippen LogP contribution in [0.4, 0.5) is 0 Å². The lowest BCUT2D eigenvalue weighted by atomic mass is 10.0. The maximum atomic E-state index is 11.9. The van der Waals surface area contributed by atoms with Crippen LogP contribution in [0.2, 0.25) is 0 Å². The van der Waals surface area contributed by atoms with Crippen molar-refractivity contribution in [2.75, 3.05) is 7.11 Å². The quantitative estimate of drug-likeness (QED) is 0.807. The molecule has 0 saturated carbocycles. The molecule has 0 radical (unpaired) electrons. The van der Waals surface area contributed by atoms with E-state index in [0.717, 1.165) is 17.7 Å². The van der Waals surface area contributed by atoms with Crippen LogP contribution in [0.15, 0.2) is 12.1 Å². The average Bonchev–Trinajstić information content (AvgIpc) is 2.65. The monoisotopic (exact) mass is 235 g/mol. The van der Waals surface area contributed by atoms with Gasteiger partial charge < -0.3 is 15.2 Å². The van der Waals surface area contributed by atoms with Crippen molar-refractivity contribution < 1.29 is 14.3 Å². The van der Waals surface area contributed by atoms with Gasteiger partial charge in [-0.2, -0.15) is 0 Å². The molecule has 0 aromatic heterocycles. The summed E-state index contributed by atoms with van der Waals surface area (Å²) < 4.78 is 10.9. The lowest BCUT2D eigenvalue weighted by Crippen LogP contribution is -2.27. The van der Waals surface area contributed by atoms with Gasteiger partial charge >= 0.3 is 0 Å². The largest absolute Gasteiger partial charge is 0.496 e. The molecule has 2 unspecified atom stereocenters. The highest BCUT2D eigenvalue weighted by Gasteiger charge is 2.25. The van der Waals surface area contributed by atoms with Crippen LogP contribution < -0.4 is 15.2 Å². The van der Waals surface area contributed by atoms with E-state index in [4.69, 9.17) is 15.2 Å². The Morgan fingerprint density at radius 2 is 2.29 bits per heavy atom. The van der Waals surface area contributed by atoms with Gasteiger partial charge in [0, 0.05) is 12.0 Å². The van der Waals surface area contributed by atoms with Crippen LogP contribution in [0.25, 0.3) is 0 Å². The summed E-state index contributed by atoms with van der Waals surface area (Å²) in [5, 5.41) is 0. The van der Waals surface area contributed by atoms with E-state index in [1.165, 1.54) is 0 Å². The SMILES string of the molecule is COc1cc2c(cc1C(=O)C(C)N)OC(C)C2. The maximum absolute atomic E-state index is 11.9. The van der Waals surface area contributed by atoms with Gasteiger partial charge in [-0.15, -0.1) is 0 Å². The Hall–Kier alpha value is -1.55. The molecule has 17 heavy (non-hydrogen) atoms. The van der Waals surface area contributed by atoms with E-state index in [1.807, 2.05) is 13.0 Å². The second-order valence-electron chi connectivity index (χ2n) is 4.45. The summed E-state index contributed by atoms with van der Waals surface area (Å²) in [5.74, 6) is 1.21. The van der Waals surface area contributed by atoms with E-state index in [1.54, 1.807) is 20.1 Å². The number of ketones is 1. The molecule has 0 aliphatic carbocycles. The molecule has 2 rings (SSSR count). The second-order valence-corrected chi connectivity index (χ2v) is 4.45. The highest BCUT2D eigenvalue weighted by molar-refractivity contribution is 6.02. The summed E-state index contributed by atoms with van der Waals surface area (Å²) in [6.07, 6.45) is 0.994. The maximum Gasteiger partial charge on any atom is 0.183 e. The fourth-order valence-electron chi connectivity index (χ4n) is 2.05. The Kier molecular flexibility index (Phi) is 3.07.